The first kappa shape index (κ1) is 5.81. The van der Waals surface area contributed by atoms with Crippen LogP contribution < -0.4 is 5.73 Å². The maximum absolute atomic E-state index is 5.18. The van der Waals surface area contributed by atoms with Crippen LogP contribution in [0.25, 0.3) is 0 Å². The number of alkyl halides is 1. The van der Waals surface area contributed by atoms with Crippen LogP contribution in [-0.4, -0.2) is 5.50 Å². The van der Waals surface area contributed by atoms with Gasteiger partial charge in [0.15, 0.2) is 0 Å². The summed E-state index contributed by atoms with van der Waals surface area (Å²) in [4.78, 5) is 0. The summed E-state index contributed by atoms with van der Waals surface area (Å²) >= 11 is 5.18. The van der Waals surface area contributed by atoms with Gasteiger partial charge >= 0.3 is 0 Å². The standard InChI is InChI=1S/C4H6ClN/c1-2-3-4(5)6/h4H,6H2,1H3. The minimum absolute atomic E-state index is 0.491. The van der Waals surface area contributed by atoms with Gasteiger partial charge < -0.3 is 5.73 Å². The highest BCUT2D eigenvalue weighted by Crippen LogP contribution is 1.77. The Bertz CT molecular complexity index is 77.3. The van der Waals surface area contributed by atoms with E-state index in [2.05, 4.69) is 11.8 Å². The highest BCUT2D eigenvalue weighted by atomic mass is 35.5. The normalized spacial score (nSPS) is 11.8. The monoisotopic (exact) mass is 103 g/mol. The first-order valence-electron chi connectivity index (χ1n) is 1.59. The Kier molecular flexibility index (Phi) is 2.92. The number of nitrogens with two attached hydrogens (primary N) is 1. The van der Waals surface area contributed by atoms with Crippen LogP contribution in [0.5, 0.6) is 0 Å². The van der Waals surface area contributed by atoms with E-state index < -0.39 is 5.50 Å². The van der Waals surface area contributed by atoms with Gasteiger partial charge in [0, 0.05) is 0 Å². The lowest BCUT2D eigenvalue weighted by Crippen LogP contribution is -2.06. The van der Waals surface area contributed by atoms with Gasteiger partial charge in [-0.1, -0.05) is 17.5 Å². The quantitative estimate of drug-likeness (QED) is 0.270. The lowest BCUT2D eigenvalue weighted by Gasteiger charge is -1.80. The highest BCUT2D eigenvalue weighted by Gasteiger charge is 1.78. The third-order valence-electron chi connectivity index (χ3n) is 0.282. The van der Waals surface area contributed by atoms with E-state index in [9.17, 15) is 0 Å². The molecule has 0 aliphatic rings. The second kappa shape index (κ2) is 3.02. The molecule has 1 unspecified atom stereocenters. The van der Waals surface area contributed by atoms with E-state index in [1.165, 1.54) is 0 Å². The van der Waals surface area contributed by atoms with Gasteiger partial charge in [0.1, 0.15) is 5.50 Å². The predicted octanol–water partition coefficient (Wildman–Crippen LogP) is 0.533. The first-order chi connectivity index (χ1) is 2.77. The van der Waals surface area contributed by atoms with Crippen molar-refractivity contribution in [3.63, 3.8) is 0 Å². The van der Waals surface area contributed by atoms with Gasteiger partial charge in [-0.25, -0.2) is 0 Å². The Morgan fingerprint density at radius 3 is 2.33 bits per heavy atom. The van der Waals surface area contributed by atoms with Crippen molar-refractivity contribution in [2.24, 2.45) is 5.73 Å². The summed E-state index contributed by atoms with van der Waals surface area (Å²) in [5.41, 5.74) is 4.50. The molecule has 0 aromatic rings. The zero-order valence-corrected chi connectivity index (χ0v) is 4.29. The molecule has 0 fully saturated rings. The van der Waals surface area contributed by atoms with Crippen LogP contribution in [0.15, 0.2) is 0 Å². The highest BCUT2D eigenvalue weighted by molar-refractivity contribution is 6.21. The Morgan fingerprint density at radius 1 is 1.83 bits per heavy atom. The molecular weight excluding hydrogens is 97.5 g/mol. The van der Waals surface area contributed by atoms with Crippen molar-refractivity contribution in [3.8, 4) is 11.8 Å². The van der Waals surface area contributed by atoms with Crippen LogP contribution in [-0.2, 0) is 0 Å². The maximum atomic E-state index is 5.18. The van der Waals surface area contributed by atoms with Crippen molar-refractivity contribution in [2.75, 3.05) is 0 Å². The molecule has 0 spiro atoms. The zero-order chi connectivity index (χ0) is 4.99. The molecule has 6 heavy (non-hydrogen) atoms. The van der Waals surface area contributed by atoms with Crippen LogP contribution in [0.2, 0.25) is 0 Å². The molecule has 0 rings (SSSR count). The molecule has 0 amide bonds. The summed E-state index contributed by atoms with van der Waals surface area (Å²) in [5.74, 6) is 5.06. The van der Waals surface area contributed by atoms with Crippen LogP contribution in [0.1, 0.15) is 6.92 Å². The fourth-order valence-corrected chi connectivity index (χ4v) is 0.247. The smallest absolute Gasteiger partial charge is 0.142 e. The lowest BCUT2D eigenvalue weighted by molar-refractivity contribution is 1.19. The summed E-state index contributed by atoms with van der Waals surface area (Å²) in [7, 11) is 0. The number of halogens is 1. The molecule has 2 N–H and O–H groups in total. The molecule has 0 aromatic carbocycles. The van der Waals surface area contributed by atoms with E-state index >= 15 is 0 Å². The van der Waals surface area contributed by atoms with Crippen LogP contribution in [0.4, 0.5) is 0 Å². The van der Waals surface area contributed by atoms with Gasteiger partial charge in [0.2, 0.25) is 0 Å². The Balaban J connectivity index is 3.20. The molecule has 0 bridgehead atoms. The Hall–Kier alpha value is -0.190. The average molecular weight is 104 g/mol. The van der Waals surface area contributed by atoms with Crippen molar-refractivity contribution in [1.82, 2.24) is 0 Å². The Morgan fingerprint density at radius 2 is 2.33 bits per heavy atom. The summed E-state index contributed by atoms with van der Waals surface area (Å²) in [6.07, 6.45) is 0. The van der Waals surface area contributed by atoms with E-state index in [1.54, 1.807) is 6.92 Å². The van der Waals surface area contributed by atoms with E-state index in [1.807, 2.05) is 0 Å². The summed E-state index contributed by atoms with van der Waals surface area (Å²) in [5, 5.41) is 0. The molecule has 0 radical (unpaired) electrons. The van der Waals surface area contributed by atoms with Crippen LogP contribution in [0.3, 0.4) is 0 Å². The second-order valence-corrected chi connectivity index (χ2v) is 1.27. The molecule has 2 heteroatoms. The van der Waals surface area contributed by atoms with E-state index in [0.29, 0.717) is 0 Å². The van der Waals surface area contributed by atoms with Gasteiger partial charge in [-0.2, -0.15) is 0 Å². The van der Waals surface area contributed by atoms with Crippen molar-refractivity contribution in [2.45, 2.75) is 12.4 Å². The minimum atomic E-state index is -0.491. The molecule has 0 aliphatic heterocycles. The third kappa shape index (κ3) is 3.81. The number of hydrogen-bond donors (Lipinski definition) is 1. The molecular formula is C4H6ClN. The summed E-state index contributed by atoms with van der Waals surface area (Å²) in [6, 6.07) is 0. The fourth-order valence-electron chi connectivity index (χ4n) is 0.138. The molecule has 1 atom stereocenters. The van der Waals surface area contributed by atoms with Gasteiger partial charge in [0.25, 0.3) is 0 Å². The van der Waals surface area contributed by atoms with Crippen molar-refractivity contribution in [1.29, 1.82) is 0 Å². The average Bonchev–Trinajstić information content (AvgIpc) is 1.35. The molecule has 0 aliphatic carbocycles. The second-order valence-electron chi connectivity index (χ2n) is 0.796. The van der Waals surface area contributed by atoms with Gasteiger partial charge in [-0.3, -0.25) is 0 Å². The first-order valence-corrected chi connectivity index (χ1v) is 2.03. The van der Waals surface area contributed by atoms with Crippen molar-refractivity contribution < 1.29 is 0 Å². The van der Waals surface area contributed by atoms with Crippen LogP contribution in [0, 0.1) is 11.8 Å². The number of rotatable bonds is 0. The number of hydrogen-bond acceptors (Lipinski definition) is 1. The molecule has 34 valence electrons. The predicted molar refractivity (Wildman–Crippen MR) is 27.3 cm³/mol. The molecule has 0 saturated heterocycles. The largest absolute Gasteiger partial charge is 0.305 e. The Labute approximate surface area is 42.5 Å². The van der Waals surface area contributed by atoms with E-state index in [-0.39, 0.29) is 0 Å². The maximum Gasteiger partial charge on any atom is 0.142 e. The summed E-state index contributed by atoms with van der Waals surface area (Å²) < 4.78 is 0. The van der Waals surface area contributed by atoms with Crippen LogP contribution >= 0.6 is 11.6 Å². The molecule has 1 nitrogen and oxygen atoms in total. The van der Waals surface area contributed by atoms with E-state index in [0.717, 1.165) is 0 Å². The van der Waals surface area contributed by atoms with E-state index in [4.69, 9.17) is 17.3 Å². The van der Waals surface area contributed by atoms with Gasteiger partial charge in [-0.15, -0.1) is 5.92 Å². The van der Waals surface area contributed by atoms with Crippen molar-refractivity contribution in [3.05, 3.63) is 0 Å². The minimum Gasteiger partial charge on any atom is -0.305 e. The van der Waals surface area contributed by atoms with Crippen molar-refractivity contribution >= 4 is 11.6 Å². The third-order valence-corrected chi connectivity index (χ3v) is 0.391. The van der Waals surface area contributed by atoms with Gasteiger partial charge in [0.05, 0.1) is 0 Å². The molecule has 0 heterocycles. The van der Waals surface area contributed by atoms with Gasteiger partial charge in [-0.05, 0) is 6.92 Å². The zero-order valence-electron chi connectivity index (χ0n) is 3.53. The SMILES string of the molecule is CC#CC(N)Cl. The molecule has 0 aromatic heterocycles. The lowest BCUT2D eigenvalue weighted by atomic mass is 10.6. The topological polar surface area (TPSA) is 26.0 Å². The summed E-state index contributed by atoms with van der Waals surface area (Å²) in [6.45, 7) is 1.70. The fraction of sp³-hybridized carbons (Fsp3) is 0.500. The molecule has 0 saturated carbocycles.